The maximum absolute atomic E-state index is 13.4. The molecule has 1 aliphatic heterocycles. The Balaban J connectivity index is 1.23. The van der Waals surface area contributed by atoms with E-state index in [2.05, 4.69) is 27.2 Å². The van der Waals surface area contributed by atoms with Gasteiger partial charge in [-0.15, -0.1) is 10.2 Å². The van der Waals surface area contributed by atoms with E-state index in [1.54, 1.807) is 16.7 Å². The van der Waals surface area contributed by atoms with Crippen molar-refractivity contribution in [2.75, 3.05) is 31.1 Å². The summed E-state index contributed by atoms with van der Waals surface area (Å²) in [7, 11) is 0. The van der Waals surface area contributed by atoms with Crippen LogP contribution in [0.2, 0.25) is 5.02 Å². The minimum atomic E-state index is -0.130. The first-order valence-electron chi connectivity index (χ1n) is 12.8. The molecule has 0 radical (unpaired) electrons. The zero-order chi connectivity index (χ0) is 26.1. The Labute approximate surface area is 224 Å². The Kier molecular flexibility index (Phi) is 6.55. The molecule has 1 fully saturated rings. The zero-order valence-electron chi connectivity index (χ0n) is 20.8. The summed E-state index contributed by atoms with van der Waals surface area (Å²) in [6.07, 6.45) is 0.763. The van der Waals surface area contributed by atoms with Gasteiger partial charge in [-0.25, -0.2) is 0 Å². The third-order valence-corrected chi connectivity index (χ3v) is 7.40. The molecule has 0 unspecified atom stereocenters. The lowest BCUT2D eigenvalue weighted by Gasteiger charge is -2.36. The predicted octanol–water partition coefficient (Wildman–Crippen LogP) is 4.03. The van der Waals surface area contributed by atoms with Gasteiger partial charge in [-0.2, -0.15) is 0 Å². The van der Waals surface area contributed by atoms with Gasteiger partial charge in [-0.05, 0) is 42.0 Å². The third-order valence-electron chi connectivity index (χ3n) is 7.15. The summed E-state index contributed by atoms with van der Waals surface area (Å²) in [4.78, 5) is 30.8. The number of rotatable bonds is 6. The predicted molar refractivity (Wildman–Crippen MR) is 149 cm³/mol. The van der Waals surface area contributed by atoms with Crippen molar-refractivity contribution in [1.29, 1.82) is 0 Å². The second-order valence-electron chi connectivity index (χ2n) is 9.49. The summed E-state index contributed by atoms with van der Waals surface area (Å²) in [5.41, 5.74) is 2.73. The normalized spacial score (nSPS) is 13.9. The van der Waals surface area contributed by atoms with E-state index in [9.17, 15) is 9.59 Å². The van der Waals surface area contributed by atoms with Crippen LogP contribution in [0.1, 0.15) is 17.8 Å². The number of para-hydroxylation sites is 2. The standard InChI is InChI=1S/C29H27ClN6O2/c30-22-12-10-21(11-13-22)20-35-28(38)24-8-4-5-9-25(24)36-26(31-32-29(35)36)14-15-27(37)34-18-16-33(17-19-34)23-6-2-1-3-7-23/h1-13H,14-20H2. The number of aromatic nitrogens is 4. The van der Waals surface area contributed by atoms with Gasteiger partial charge >= 0.3 is 0 Å². The molecule has 1 aliphatic rings. The third kappa shape index (κ3) is 4.63. The number of hydrogen-bond acceptors (Lipinski definition) is 5. The van der Waals surface area contributed by atoms with E-state index < -0.39 is 0 Å². The largest absolute Gasteiger partial charge is 0.368 e. The highest BCUT2D eigenvalue weighted by molar-refractivity contribution is 6.30. The van der Waals surface area contributed by atoms with Crippen molar-refractivity contribution in [2.24, 2.45) is 0 Å². The van der Waals surface area contributed by atoms with E-state index in [4.69, 9.17) is 11.6 Å². The van der Waals surface area contributed by atoms with Crippen LogP contribution in [0.25, 0.3) is 16.7 Å². The Morgan fingerprint density at radius 3 is 2.32 bits per heavy atom. The smallest absolute Gasteiger partial charge is 0.263 e. The second kappa shape index (κ2) is 10.3. The Bertz CT molecular complexity index is 1650. The quantitative estimate of drug-likeness (QED) is 0.334. The summed E-state index contributed by atoms with van der Waals surface area (Å²) in [5.74, 6) is 1.23. The highest BCUT2D eigenvalue weighted by atomic mass is 35.5. The summed E-state index contributed by atoms with van der Waals surface area (Å²) in [5, 5.41) is 10.0. The van der Waals surface area contributed by atoms with Gasteiger partial charge in [-0.1, -0.05) is 54.1 Å². The molecule has 5 aromatic rings. The van der Waals surface area contributed by atoms with Gasteiger partial charge in [0.25, 0.3) is 5.56 Å². The number of hydrogen-bond donors (Lipinski definition) is 0. The van der Waals surface area contributed by atoms with Crippen LogP contribution >= 0.6 is 11.6 Å². The molecule has 0 N–H and O–H groups in total. The number of piperazine rings is 1. The summed E-state index contributed by atoms with van der Waals surface area (Å²) >= 11 is 6.05. The fourth-order valence-corrected chi connectivity index (χ4v) is 5.25. The molecule has 6 rings (SSSR count). The van der Waals surface area contributed by atoms with Crippen LogP contribution in [0.5, 0.6) is 0 Å². The molecule has 0 spiro atoms. The maximum Gasteiger partial charge on any atom is 0.263 e. The van der Waals surface area contributed by atoms with Gasteiger partial charge in [0.15, 0.2) is 0 Å². The molecule has 0 bridgehead atoms. The summed E-state index contributed by atoms with van der Waals surface area (Å²) in [6.45, 7) is 3.35. The van der Waals surface area contributed by atoms with Crippen molar-refractivity contribution in [3.63, 3.8) is 0 Å². The lowest BCUT2D eigenvalue weighted by Crippen LogP contribution is -2.48. The van der Waals surface area contributed by atoms with Crippen LogP contribution in [0, 0.1) is 0 Å². The molecule has 38 heavy (non-hydrogen) atoms. The Morgan fingerprint density at radius 2 is 1.55 bits per heavy atom. The van der Waals surface area contributed by atoms with Gasteiger partial charge in [-0.3, -0.25) is 18.6 Å². The number of amides is 1. The molecule has 2 aromatic heterocycles. The fourth-order valence-electron chi connectivity index (χ4n) is 5.12. The average molecular weight is 527 g/mol. The van der Waals surface area contributed by atoms with Crippen LogP contribution < -0.4 is 10.5 Å². The molecular formula is C29H27ClN6O2. The van der Waals surface area contributed by atoms with Crippen LogP contribution in [0.4, 0.5) is 5.69 Å². The second-order valence-corrected chi connectivity index (χ2v) is 9.93. The van der Waals surface area contributed by atoms with Crippen molar-refractivity contribution < 1.29 is 4.79 Å². The topological polar surface area (TPSA) is 75.7 Å². The summed E-state index contributed by atoms with van der Waals surface area (Å²) in [6, 6.07) is 25.2. The van der Waals surface area contributed by atoms with Crippen molar-refractivity contribution in [3.05, 3.63) is 106 Å². The van der Waals surface area contributed by atoms with Crippen LogP contribution in [-0.2, 0) is 17.8 Å². The van der Waals surface area contributed by atoms with Gasteiger partial charge in [0.2, 0.25) is 11.7 Å². The van der Waals surface area contributed by atoms with Crippen LogP contribution in [0.15, 0.2) is 83.7 Å². The van der Waals surface area contributed by atoms with E-state index in [1.165, 1.54) is 5.69 Å². The van der Waals surface area contributed by atoms with Crippen molar-refractivity contribution in [2.45, 2.75) is 19.4 Å². The number of anilines is 1. The minimum absolute atomic E-state index is 0.105. The van der Waals surface area contributed by atoms with E-state index in [-0.39, 0.29) is 11.5 Å². The highest BCUT2D eigenvalue weighted by Crippen LogP contribution is 2.19. The van der Waals surface area contributed by atoms with Gasteiger partial charge in [0.1, 0.15) is 5.82 Å². The van der Waals surface area contributed by atoms with Crippen molar-refractivity contribution in [1.82, 2.24) is 24.1 Å². The van der Waals surface area contributed by atoms with E-state index >= 15 is 0 Å². The van der Waals surface area contributed by atoms with E-state index in [0.29, 0.717) is 54.5 Å². The number of carbonyl (C=O) groups excluding carboxylic acids is 1. The highest BCUT2D eigenvalue weighted by Gasteiger charge is 2.23. The first kappa shape index (κ1) is 24.2. The van der Waals surface area contributed by atoms with Crippen LogP contribution in [0.3, 0.4) is 0 Å². The number of fused-ring (bicyclic) bond motifs is 3. The average Bonchev–Trinajstić information content (AvgIpc) is 3.39. The maximum atomic E-state index is 13.4. The lowest BCUT2D eigenvalue weighted by molar-refractivity contribution is -0.131. The number of nitrogens with zero attached hydrogens (tertiary/aromatic N) is 6. The van der Waals surface area contributed by atoms with Gasteiger partial charge in [0, 0.05) is 49.7 Å². The monoisotopic (exact) mass is 526 g/mol. The molecule has 0 saturated carbocycles. The molecule has 0 atom stereocenters. The minimum Gasteiger partial charge on any atom is -0.368 e. The number of halogens is 1. The van der Waals surface area contributed by atoms with Gasteiger partial charge < -0.3 is 9.80 Å². The first-order chi connectivity index (χ1) is 18.6. The van der Waals surface area contributed by atoms with E-state index in [0.717, 1.165) is 24.2 Å². The van der Waals surface area contributed by atoms with E-state index in [1.807, 2.05) is 63.9 Å². The molecule has 1 saturated heterocycles. The molecule has 1 amide bonds. The Hall–Kier alpha value is -4.17. The summed E-state index contributed by atoms with van der Waals surface area (Å²) < 4.78 is 3.54. The van der Waals surface area contributed by atoms with Crippen molar-refractivity contribution >= 4 is 39.9 Å². The molecule has 3 heterocycles. The number of benzene rings is 3. The molecule has 192 valence electrons. The molecule has 3 aromatic carbocycles. The van der Waals surface area contributed by atoms with Crippen molar-refractivity contribution in [3.8, 4) is 0 Å². The SMILES string of the molecule is O=C(CCc1nnc2n(Cc3ccc(Cl)cc3)c(=O)c3ccccc3n12)N1CCN(c2ccccc2)CC1. The molecule has 9 heteroatoms. The van der Waals surface area contributed by atoms with Crippen LogP contribution in [-0.4, -0.2) is 56.2 Å². The molecular weight excluding hydrogens is 500 g/mol. The lowest BCUT2D eigenvalue weighted by atomic mass is 10.2. The molecule has 8 nitrogen and oxygen atoms in total. The molecule has 0 aliphatic carbocycles. The first-order valence-corrected chi connectivity index (χ1v) is 13.1. The zero-order valence-corrected chi connectivity index (χ0v) is 21.6. The Morgan fingerprint density at radius 1 is 0.842 bits per heavy atom. The number of aryl methyl sites for hydroxylation is 1. The van der Waals surface area contributed by atoms with Gasteiger partial charge in [0.05, 0.1) is 17.4 Å². The number of carbonyl (C=O) groups is 1. The fraction of sp³-hybridized carbons (Fsp3) is 0.241.